The van der Waals surface area contributed by atoms with Crippen LogP contribution < -0.4 is 10.5 Å². The number of anilines is 1. The highest BCUT2D eigenvalue weighted by atomic mass is 35.5. The van der Waals surface area contributed by atoms with Crippen LogP contribution in [0.15, 0.2) is 47.3 Å². The number of aromatic nitrogens is 2. The zero-order chi connectivity index (χ0) is 18.8. The average molecular weight is 400 g/mol. The fraction of sp³-hybridized carbons (Fsp3) is 0.238. The molecule has 0 spiro atoms. The number of hydrogen-bond donors (Lipinski definition) is 1. The summed E-state index contributed by atoms with van der Waals surface area (Å²) in [6, 6.07) is 13.3. The molecule has 0 unspecified atom stereocenters. The van der Waals surface area contributed by atoms with Crippen molar-refractivity contribution in [2.24, 2.45) is 0 Å². The smallest absolute Gasteiger partial charge is 0.259 e. The van der Waals surface area contributed by atoms with Crippen LogP contribution in [0.25, 0.3) is 22.0 Å². The van der Waals surface area contributed by atoms with Crippen LogP contribution in [-0.2, 0) is 0 Å². The lowest BCUT2D eigenvalue weighted by Gasteiger charge is -2.28. The molecule has 0 aliphatic carbocycles. The molecule has 1 saturated heterocycles. The molecule has 138 valence electrons. The van der Waals surface area contributed by atoms with Gasteiger partial charge < -0.3 is 9.88 Å². The lowest BCUT2D eigenvalue weighted by molar-refractivity contribution is 0.578. The molecule has 2 aromatic carbocycles. The Morgan fingerprint density at radius 1 is 1.07 bits per heavy atom. The molecule has 0 amide bonds. The van der Waals surface area contributed by atoms with Crippen LogP contribution >= 0.6 is 23.2 Å². The van der Waals surface area contributed by atoms with E-state index >= 15 is 0 Å². The average Bonchev–Trinajstić information content (AvgIpc) is 2.69. The molecule has 1 aliphatic heterocycles. The van der Waals surface area contributed by atoms with Gasteiger partial charge in [-0.3, -0.25) is 4.79 Å². The first kappa shape index (κ1) is 18.1. The molecule has 0 bridgehead atoms. The number of aromatic amines is 1. The highest BCUT2D eigenvalue weighted by molar-refractivity contribution is 6.50. The van der Waals surface area contributed by atoms with Crippen LogP contribution in [0.1, 0.15) is 30.7 Å². The first-order chi connectivity index (χ1) is 13.1. The molecule has 3 aromatic rings. The molecule has 4 nitrogen and oxygen atoms in total. The van der Waals surface area contributed by atoms with Gasteiger partial charge in [0.25, 0.3) is 5.56 Å². The van der Waals surface area contributed by atoms with Gasteiger partial charge >= 0.3 is 0 Å². The van der Waals surface area contributed by atoms with Crippen molar-refractivity contribution in [3.63, 3.8) is 0 Å². The van der Waals surface area contributed by atoms with Gasteiger partial charge in [-0.05, 0) is 61.2 Å². The summed E-state index contributed by atoms with van der Waals surface area (Å²) in [5, 5.41) is 1.33. The maximum atomic E-state index is 12.3. The third kappa shape index (κ3) is 4.02. The number of benzene rings is 2. The first-order valence-electron chi connectivity index (χ1n) is 9.02. The highest BCUT2D eigenvalue weighted by Gasteiger charge is 2.11. The first-order valence-corrected chi connectivity index (χ1v) is 9.78. The minimum absolute atomic E-state index is 0.260. The number of nitrogens with zero attached hydrogens (tertiary/aromatic N) is 2. The third-order valence-corrected chi connectivity index (χ3v) is 5.32. The van der Waals surface area contributed by atoms with Gasteiger partial charge in [0, 0.05) is 23.8 Å². The molecule has 4 rings (SSSR count). The van der Waals surface area contributed by atoms with Crippen LogP contribution in [0.3, 0.4) is 0 Å². The van der Waals surface area contributed by atoms with Gasteiger partial charge in [-0.2, -0.15) is 0 Å². The Kier molecular flexibility index (Phi) is 5.19. The van der Waals surface area contributed by atoms with E-state index in [0.717, 1.165) is 18.7 Å². The van der Waals surface area contributed by atoms with Crippen molar-refractivity contribution < 1.29 is 0 Å². The number of fused-ring (bicyclic) bond motifs is 1. The topological polar surface area (TPSA) is 49.0 Å². The van der Waals surface area contributed by atoms with Gasteiger partial charge in [0.2, 0.25) is 0 Å². The predicted octanol–water partition coefficient (Wildman–Crippen LogP) is 5.30. The molecule has 1 aromatic heterocycles. The molecule has 2 heterocycles. The number of nitrogens with one attached hydrogen (secondary N) is 1. The summed E-state index contributed by atoms with van der Waals surface area (Å²) in [6.45, 7) is 2.23. The second-order valence-electron chi connectivity index (χ2n) is 6.71. The molecule has 6 heteroatoms. The maximum Gasteiger partial charge on any atom is 0.259 e. The Bertz CT molecular complexity index is 1050. The molecule has 0 radical (unpaired) electrons. The molecular formula is C21H19Cl2N3O. The van der Waals surface area contributed by atoms with Crippen molar-refractivity contribution in [2.75, 3.05) is 18.0 Å². The Labute approximate surface area is 167 Å². The minimum Gasteiger partial charge on any atom is -0.372 e. The lowest BCUT2D eigenvalue weighted by atomic mass is 10.1. The molecule has 1 fully saturated rings. The second kappa shape index (κ2) is 7.75. The minimum atomic E-state index is -0.260. The number of rotatable bonds is 3. The molecule has 1 N–H and O–H groups in total. The maximum absolute atomic E-state index is 12.3. The van der Waals surface area contributed by atoms with Gasteiger partial charge in [0.15, 0.2) is 5.82 Å². The van der Waals surface area contributed by atoms with E-state index in [1.165, 1.54) is 24.9 Å². The summed E-state index contributed by atoms with van der Waals surface area (Å²) in [6.07, 6.45) is 5.62. The fourth-order valence-corrected chi connectivity index (χ4v) is 3.76. The zero-order valence-electron chi connectivity index (χ0n) is 14.7. The van der Waals surface area contributed by atoms with E-state index in [2.05, 4.69) is 27.0 Å². The van der Waals surface area contributed by atoms with Crippen molar-refractivity contribution in [3.05, 3.63) is 69.2 Å². The zero-order valence-corrected chi connectivity index (χ0v) is 16.2. The predicted molar refractivity (Wildman–Crippen MR) is 114 cm³/mol. The van der Waals surface area contributed by atoms with Crippen molar-refractivity contribution in [3.8, 4) is 0 Å². The lowest BCUT2D eigenvalue weighted by Crippen LogP contribution is -2.29. The van der Waals surface area contributed by atoms with E-state index in [9.17, 15) is 4.79 Å². The van der Waals surface area contributed by atoms with Crippen molar-refractivity contribution >= 4 is 50.9 Å². The third-order valence-electron chi connectivity index (χ3n) is 4.80. The van der Waals surface area contributed by atoms with E-state index in [1.807, 2.05) is 18.2 Å². The molecule has 0 saturated carbocycles. The van der Waals surface area contributed by atoms with Crippen LogP contribution in [0.5, 0.6) is 0 Å². The van der Waals surface area contributed by atoms with Crippen molar-refractivity contribution in [1.29, 1.82) is 0 Å². The monoisotopic (exact) mass is 399 g/mol. The fourth-order valence-electron chi connectivity index (χ4n) is 3.37. The highest BCUT2D eigenvalue weighted by Crippen LogP contribution is 2.24. The Morgan fingerprint density at radius 3 is 2.56 bits per heavy atom. The molecule has 0 atom stereocenters. The van der Waals surface area contributed by atoms with Gasteiger partial charge in [-0.15, -0.1) is 0 Å². The summed E-state index contributed by atoms with van der Waals surface area (Å²) in [5.41, 5.74) is 2.49. The molecule has 1 aliphatic rings. The van der Waals surface area contributed by atoms with Crippen LogP contribution in [-0.4, -0.2) is 23.1 Å². The number of H-pyrrole nitrogens is 1. The Morgan fingerprint density at radius 2 is 1.81 bits per heavy atom. The summed E-state index contributed by atoms with van der Waals surface area (Å²) in [4.78, 5) is 21.9. The van der Waals surface area contributed by atoms with Crippen LogP contribution in [0, 0.1) is 0 Å². The summed E-state index contributed by atoms with van der Waals surface area (Å²) in [5.74, 6) is 0.344. The van der Waals surface area contributed by atoms with Gasteiger partial charge in [0.1, 0.15) is 0 Å². The summed E-state index contributed by atoms with van der Waals surface area (Å²) >= 11 is 12.4. The number of hydrogen-bond acceptors (Lipinski definition) is 3. The quantitative estimate of drug-likeness (QED) is 0.649. The largest absolute Gasteiger partial charge is 0.372 e. The molecular weight excluding hydrogens is 381 g/mol. The van der Waals surface area contributed by atoms with Crippen LogP contribution in [0.2, 0.25) is 5.02 Å². The van der Waals surface area contributed by atoms with Crippen molar-refractivity contribution in [2.45, 2.75) is 19.3 Å². The van der Waals surface area contributed by atoms with E-state index in [0.29, 0.717) is 26.8 Å². The van der Waals surface area contributed by atoms with Gasteiger partial charge in [-0.25, -0.2) is 4.98 Å². The van der Waals surface area contributed by atoms with Gasteiger partial charge in [0.05, 0.1) is 15.9 Å². The SMILES string of the molecule is O=c1[nH]c(C(Cl)=Cc2ccc(N3CCCCC3)cc2)nc2ccc(Cl)cc12. The van der Waals surface area contributed by atoms with E-state index in [4.69, 9.17) is 23.2 Å². The standard InChI is InChI=1S/C21H19Cl2N3O/c22-15-6-9-19-17(13-15)21(27)25-20(24-19)18(23)12-14-4-7-16(8-5-14)26-10-2-1-3-11-26/h4-9,12-13H,1-3,10-11H2,(H,24,25,27). The van der Waals surface area contributed by atoms with Gasteiger partial charge in [-0.1, -0.05) is 35.3 Å². The molecule has 27 heavy (non-hydrogen) atoms. The number of halogens is 2. The van der Waals surface area contributed by atoms with Crippen molar-refractivity contribution in [1.82, 2.24) is 9.97 Å². The summed E-state index contributed by atoms with van der Waals surface area (Å²) in [7, 11) is 0. The van der Waals surface area contributed by atoms with Crippen LogP contribution in [0.4, 0.5) is 5.69 Å². The Balaban J connectivity index is 1.61. The second-order valence-corrected chi connectivity index (χ2v) is 7.55. The van der Waals surface area contributed by atoms with E-state index < -0.39 is 0 Å². The van der Waals surface area contributed by atoms with E-state index in [1.54, 1.807) is 18.2 Å². The number of piperidine rings is 1. The van der Waals surface area contributed by atoms with E-state index in [-0.39, 0.29) is 5.56 Å². The summed E-state index contributed by atoms with van der Waals surface area (Å²) < 4.78 is 0. The Hall–Kier alpha value is -2.30. The normalized spacial score (nSPS) is 15.3.